The summed E-state index contributed by atoms with van der Waals surface area (Å²) in [5.41, 5.74) is 7.19. The molecule has 2 N–H and O–H groups in total. The number of nitrogens with two attached hydrogens (primary N) is 1. The minimum Gasteiger partial charge on any atom is -0.339 e. The molecule has 2 rings (SSSR count). The maximum atomic E-state index is 12.2. The van der Waals surface area contributed by atoms with E-state index in [4.69, 9.17) is 17.3 Å². The molecule has 22 heavy (non-hydrogen) atoms. The Hall–Kier alpha value is -0.810. The van der Waals surface area contributed by atoms with Crippen LogP contribution < -0.4 is 5.73 Å². The van der Waals surface area contributed by atoms with E-state index in [0.29, 0.717) is 0 Å². The van der Waals surface area contributed by atoms with Crippen LogP contribution in [0.15, 0.2) is 24.3 Å². The number of carbonyl (C=O) groups is 1. The normalized spacial score (nSPS) is 17.2. The molecule has 1 fully saturated rings. The second kappa shape index (κ2) is 8.73. The van der Waals surface area contributed by atoms with Crippen LogP contribution in [0.5, 0.6) is 0 Å². The van der Waals surface area contributed by atoms with Crippen LogP contribution in [-0.4, -0.2) is 47.9 Å². The third-order valence-corrected chi connectivity index (χ3v) is 4.26. The largest absolute Gasteiger partial charge is 0.339 e. The number of nitrogens with zero attached hydrogens (tertiary/aromatic N) is 2. The number of rotatable bonds is 4. The number of hydrogen-bond acceptors (Lipinski definition) is 3. The third-order valence-electron chi connectivity index (χ3n) is 4.01. The maximum Gasteiger partial charge on any atom is 0.239 e. The van der Waals surface area contributed by atoms with Gasteiger partial charge >= 0.3 is 0 Å². The number of hydrogen-bond donors (Lipinski definition) is 1. The lowest BCUT2D eigenvalue weighted by Gasteiger charge is -2.36. The second-order valence-corrected chi connectivity index (χ2v) is 6.43. The van der Waals surface area contributed by atoms with Gasteiger partial charge < -0.3 is 10.6 Å². The summed E-state index contributed by atoms with van der Waals surface area (Å²) in [5, 5.41) is 0.761. The zero-order valence-corrected chi connectivity index (χ0v) is 14.7. The molecule has 1 aromatic rings. The Kier molecular flexibility index (Phi) is 7.63. The Bertz CT molecular complexity index is 471. The number of benzene rings is 1. The van der Waals surface area contributed by atoms with Gasteiger partial charge in [-0.15, -0.1) is 12.4 Å². The predicted molar refractivity (Wildman–Crippen MR) is 93.4 cm³/mol. The number of carbonyl (C=O) groups excluding carboxylic acids is 1. The van der Waals surface area contributed by atoms with Crippen molar-refractivity contribution >= 4 is 29.9 Å². The van der Waals surface area contributed by atoms with Crippen molar-refractivity contribution in [2.75, 3.05) is 26.2 Å². The minimum absolute atomic E-state index is 0. The first-order chi connectivity index (χ1) is 9.97. The molecule has 0 unspecified atom stereocenters. The van der Waals surface area contributed by atoms with E-state index in [1.807, 2.05) is 30.9 Å². The van der Waals surface area contributed by atoms with Crippen LogP contribution >= 0.6 is 24.0 Å². The summed E-state index contributed by atoms with van der Waals surface area (Å²) in [6, 6.07) is 7.55. The molecule has 1 aliphatic rings. The van der Waals surface area contributed by atoms with Crippen molar-refractivity contribution in [3.05, 3.63) is 34.9 Å². The zero-order valence-electron chi connectivity index (χ0n) is 13.2. The van der Waals surface area contributed by atoms with Crippen molar-refractivity contribution in [1.29, 1.82) is 0 Å². The highest BCUT2D eigenvalue weighted by Crippen LogP contribution is 2.13. The van der Waals surface area contributed by atoms with E-state index < -0.39 is 0 Å². The molecule has 124 valence electrons. The summed E-state index contributed by atoms with van der Waals surface area (Å²) < 4.78 is 0. The molecule has 1 atom stereocenters. The Morgan fingerprint density at radius 1 is 1.18 bits per heavy atom. The lowest BCUT2D eigenvalue weighted by molar-refractivity contribution is -0.135. The Morgan fingerprint density at radius 2 is 1.73 bits per heavy atom. The first kappa shape index (κ1) is 19.2. The summed E-state index contributed by atoms with van der Waals surface area (Å²) in [5.74, 6) is 0.265. The van der Waals surface area contributed by atoms with Crippen LogP contribution in [0.2, 0.25) is 5.02 Å². The highest BCUT2D eigenvalue weighted by Gasteiger charge is 2.26. The number of halogens is 2. The lowest BCUT2D eigenvalue weighted by atomic mass is 10.0. The molecule has 6 heteroatoms. The Morgan fingerprint density at radius 3 is 2.23 bits per heavy atom. The molecule has 1 saturated heterocycles. The highest BCUT2D eigenvalue weighted by atomic mass is 35.5. The minimum atomic E-state index is -0.382. The van der Waals surface area contributed by atoms with E-state index in [-0.39, 0.29) is 30.3 Å². The van der Waals surface area contributed by atoms with Gasteiger partial charge in [-0.3, -0.25) is 9.69 Å². The molecular formula is C16H25Cl2N3O. The van der Waals surface area contributed by atoms with Crippen LogP contribution in [0, 0.1) is 5.92 Å². The topological polar surface area (TPSA) is 49.6 Å². The molecule has 1 heterocycles. The molecule has 0 aromatic heterocycles. The van der Waals surface area contributed by atoms with Crippen molar-refractivity contribution in [3.8, 4) is 0 Å². The standard InChI is InChI=1S/C16H24ClN3O.ClH/c1-12(2)15(18)16(21)20-9-7-19(8-10-20)11-13-3-5-14(17)6-4-13;/h3-6,12,15H,7-11,18H2,1-2H3;1H/t15-;/m0./s1. The van der Waals surface area contributed by atoms with Crippen LogP contribution in [0.25, 0.3) is 0 Å². The SMILES string of the molecule is CC(C)[C@H](N)C(=O)N1CCN(Cc2ccc(Cl)cc2)CC1.Cl. The lowest BCUT2D eigenvalue weighted by Crippen LogP contribution is -2.54. The summed E-state index contributed by atoms with van der Waals surface area (Å²) in [7, 11) is 0. The van der Waals surface area contributed by atoms with Gasteiger partial charge in [0.25, 0.3) is 0 Å². The summed E-state index contributed by atoms with van der Waals surface area (Å²) in [4.78, 5) is 16.5. The van der Waals surface area contributed by atoms with Gasteiger partial charge in [-0.25, -0.2) is 0 Å². The molecule has 0 saturated carbocycles. The van der Waals surface area contributed by atoms with Crippen molar-refractivity contribution in [2.24, 2.45) is 11.7 Å². The van der Waals surface area contributed by atoms with E-state index in [2.05, 4.69) is 17.0 Å². The predicted octanol–water partition coefficient (Wildman–Crippen LogP) is 2.39. The summed E-state index contributed by atoms with van der Waals surface area (Å²) >= 11 is 5.89. The van der Waals surface area contributed by atoms with E-state index in [1.165, 1.54) is 5.56 Å². The second-order valence-electron chi connectivity index (χ2n) is 6.00. The van der Waals surface area contributed by atoms with Gasteiger partial charge in [0, 0.05) is 37.7 Å². The average molecular weight is 346 g/mol. The fourth-order valence-electron chi connectivity index (χ4n) is 2.47. The first-order valence-electron chi connectivity index (χ1n) is 7.48. The first-order valence-corrected chi connectivity index (χ1v) is 7.86. The number of piperazine rings is 1. The van der Waals surface area contributed by atoms with E-state index >= 15 is 0 Å². The molecule has 1 amide bonds. The average Bonchev–Trinajstić information content (AvgIpc) is 2.49. The summed E-state index contributed by atoms with van der Waals surface area (Å²) in [6.07, 6.45) is 0. The van der Waals surface area contributed by atoms with Crippen LogP contribution in [-0.2, 0) is 11.3 Å². The Labute approximate surface area is 144 Å². The monoisotopic (exact) mass is 345 g/mol. The van der Waals surface area contributed by atoms with E-state index in [1.54, 1.807) is 0 Å². The van der Waals surface area contributed by atoms with E-state index in [9.17, 15) is 4.79 Å². The van der Waals surface area contributed by atoms with Gasteiger partial charge in [0.2, 0.25) is 5.91 Å². The van der Waals surface area contributed by atoms with Gasteiger partial charge in [-0.2, -0.15) is 0 Å². The van der Waals surface area contributed by atoms with Crippen molar-refractivity contribution in [2.45, 2.75) is 26.4 Å². The summed E-state index contributed by atoms with van der Waals surface area (Å²) in [6.45, 7) is 8.16. The smallest absolute Gasteiger partial charge is 0.239 e. The maximum absolute atomic E-state index is 12.2. The van der Waals surface area contributed by atoms with Crippen LogP contribution in [0.3, 0.4) is 0 Å². The molecular weight excluding hydrogens is 321 g/mol. The molecule has 1 aromatic carbocycles. The molecule has 0 spiro atoms. The van der Waals surface area contributed by atoms with Gasteiger partial charge in [0.05, 0.1) is 6.04 Å². The molecule has 0 bridgehead atoms. The van der Waals surface area contributed by atoms with Gasteiger partial charge in [-0.05, 0) is 23.6 Å². The fourth-order valence-corrected chi connectivity index (χ4v) is 2.60. The van der Waals surface area contributed by atoms with Crippen LogP contribution in [0.1, 0.15) is 19.4 Å². The van der Waals surface area contributed by atoms with Crippen molar-refractivity contribution in [1.82, 2.24) is 9.80 Å². The molecule has 0 aliphatic carbocycles. The van der Waals surface area contributed by atoms with E-state index in [0.717, 1.165) is 37.7 Å². The van der Waals surface area contributed by atoms with Gasteiger partial charge in [-0.1, -0.05) is 37.6 Å². The Balaban J connectivity index is 0.00000242. The van der Waals surface area contributed by atoms with Crippen molar-refractivity contribution in [3.63, 3.8) is 0 Å². The van der Waals surface area contributed by atoms with Gasteiger partial charge in [0.15, 0.2) is 0 Å². The van der Waals surface area contributed by atoms with Gasteiger partial charge in [0.1, 0.15) is 0 Å². The van der Waals surface area contributed by atoms with Crippen molar-refractivity contribution < 1.29 is 4.79 Å². The fraction of sp³-hybridized carbons (Fsp3) is 0.562. The molecule has 4 nitrogen and oxygen atoms in total. The van der Waals surface area contributed by atoms with Crippen LogP contribution in [0.4, 0.5) is 0 Å². The number of amides is 1. The molecule has 0 radical (unpaired) electrons. The quantitative estimate of drug-likeness (QED) is 0.911. The highest BCUT2D eigenvalue weighted by molar-refractivity contribution is 6.30. The third kappa shape index (κ3) is 5.13. The zero-order chi connectivity index (χ0) is 15.4. The molecule has 1 aliphatic heterocycles.